The molecule has 150 valence electrons. The van der Waals surface area contributed by atoms with Gasteiger partial charge in [-0.15, -0.1) is 5.10 Å². The van der Waals surface area contributed by atoms with Crippen molar-refractivity contribution >= 4 is 18.0 Å². The number of fused-ring (bicyclic) bond motifs is 2. The van der Waals surface area contributed by atoms with E-state index >= 15 is 0 Å². The summed E-state index contributed by atoms with van der Waals surface area (Å²) in [5.41, 5.74) is 2.39. The zero-order valence-electron chi connectivity index (χ0n) is 15.2. The smallest absolute Gasteiger partial charge is 0.272 e. The van der Waals surface area contributed by atoms with Gasteiger partial charge < -0.3 is 0 Å². The van der Waals surface area contributed by atoms with E-state index in [0.717, 1.165) is 12.1 Å². The van der Waals surface area contributed by atoms with Crippen LogP contribution in [0.15, 0.2) is 42.8 Å². The number of amides is 2. The van der Waals surface area contributed by atoms with E-state index in [1.165, 1.54) is 28.3 Å². The molecular formula is C19H16F3N5O2. The summed E-state index contributed by atoms with van der Waals surface area (Å²) >= 11 is 0. The van der Waals surface area contributed by atoms with E-state index in [1.54, 1.807) is 13.0 Å². The van der Waals surface area contributed by atoms with E-state index in [4.69, 9.17) is 0 Å². The molecule has 4 rings (SSSR count). The van der Waals surface area contributed by atoms with E-state index in [0.29, 0.717) is 12.0 Å². The monoisotopic (exact) mass is 403 g/mol. The second-order valence-electron chi connectivity index (χ2n) is 6.93. The first-order valence-electron chi connectivity index (χ1n) is 8.81. The summed E-state index contributed by atoms with van der Waals surface area (Å²) in [7, 11) is 0. The number of halogens is 3. The van der Waals surface area contributed by atoms with Crippen molar-refractivity contribution in [1.82, 2.24) is 25.2 Å². The van der Waals surface area contributed by atoms with Crippen LogP contribution in [-0.2, 0) is 15.8 Å². The summed E-state index contributed by atoms with van der Waals surface area (Å²) in [4.78, 5) is 28.1. The molecule has 2 bridgehead atoms. The molecule has 1 N–H and O–H groups in total. The number of carbonyl (C=O) groups excluding carboxylic acids is 2. The molecule has 29 heavy (non-hydrogen) atoms. The predicted molar refractivity (Wildman–Crippen MR) is 96.6 cm³/mol. The molecule has 7 nitrogen and oxygen atoms in total. The number of nitrogens with one attached hydrogen (secondary N) is 1. The first-order chi connectivity index (χ1) is 13.7. The third-order valence-corrected chi connectivity index (χ3v) is 4.73. The van der Waals surface area contributed by atoms with Gasteiger partial charge in [-0.3, -0.25) is 15.0 Å². The van der Waals surface area contributed by atoms with Crippen molar-refractivity contribution in [3.05, 3.63) is 53.9 Å². The van der Waals surface area contributed by atoms with Crippen molar-refractivity contribution in [2.45, 2.75) is 25.6 Å². The maximum absolute atomic E-state index is 13.0. The minimum atomic E-state index is -4.47. The Morgan fingerprint density at radius 2 is 2.07 bits per heavy atom. The van der Waals surface area contributed by atoms with Crippen LogP contribution in [0.2, 0.25) is 0 Å². The Hall–Kier alpha value is -3.43. The Morgan fingerprint density at radius 3 is 2.76 bits per heavy atom. The Morgan fingerprint density at radius 1 is 1.28 bits per heavy atom. The molecule has 0 radical (unpaired) electrons. The predicted octanol–water partition coefficient (Wildman–Crippen LogP) is 2.56. The summed E-state index contributed by atoms with van der Waals surface area (Å²) in [6, 6.07) is 3.44. The van der Waals surface area contributed by atoms with Gasteiger partial charge in [-0.1, -0.05) is 12.2 Å². The molecule has 0 spiro atoms. The van der Waals surface area contributed by atoms with Crippen molar-refractivity contribution in [2.24, 2.45) is 5.92 Å². The summed E-state index contributed by atoms with van der Waals surface area (Å²) in [5.74, 6) is -0.757. The van der Waals surface area contributed by atoms with Crippen LogP contribution in [0.5, 0.6) is 0 Å². The molecule has 2 atom stereocenters. The molecule has 1 aromatic heterocycles. The third kappa shape index (κ3) is 3.78. The van der Waals surface area contributed by atoms with E-state index in [1.807, 2.05) is 12.2 Å². The zero-order chi connectivity index (χ0) is 20.8. The van der Waals surface area contributed by atoms with Crippen molar-refractivity contribution in [1.29, 1.82) is 0 Å². The van der Waals surface area contributed by atoms with Crippen molar-refractivity contribution in [3.63, 3.8) is 0 Å². The number of aromatic nitrogens is 3. The molecule has 1 aliphatic carbocycles. The van der Waals surface area contributed by atoms with Crippen LogP contribution in [0.25, 0.3) is 17.6 Å². The highest BCUT2D eigenvalue weighted by atomic mass is 19.4. The zero-order valence-corrected chi connectivity index (χ0v) is 15.2. The Bertz CT molecular complexity index is 1040. The molecule has 2 aliphatic rings. The molecular weight excluding hydrogens is 387 g/mol. The van der Waals surface area contributed by atoms with E-state index in [2.05, 4.69) is 15.5 Å². The van der Waals surface area contributed by atoms with Gasteiger partial charge in [0.05, 0.1) is 17.5 Å². The van der Waals surface area contributed by atoms with Gasteiger partial charge in [0.25, 0.3) is 5.91 Å². The lowest BCUT2D eigenvalue weighted by atomic mass is 10.1. The van der Waals surface area contributed by atoms with Crippen LogP contribution in [-0.4, -0.2) is 37.6 Å². The van der Waals surface area contributed by atoms with Crippen LogP contribution in [0.3, 0.4) is 0 Å². The first kappa shape index (κ1) is 18.9. The molecule has 1 fully saturated rings. The van der Waals surface area contributed by atoms with Gasteiger partial charge in [0.15, 0.2) is 5.82 Å². The maximum Gasteiger partial charge on any atom is 0.416 e. The number of aryl methyl sites for hydroxylation is 1. The number of hydrazine groups is 1. The van der Waals surface area contributed by atoms with Crippen LogP contribution < -0.4 is 5.43 Å². The number of rotatable bonds is 4. The van der Waals surface area contributed by atoms with Crippen molar-refractivity contribution in [2.75, 3.05) is 0 Å². The topological polar surface area (TPSA) is 80.1 Å². The molecule has 2 heterocycles. The molecule has 1 aromatic carbocycles. The fourth-order valence-corrected chi connectivity index (χ4v) is 3.39. The first-order valence-corrected chi connectivity index (χ1v) is 8.81. The number of hydrogen-bond donors (Lipinski definition) is 1. The quantitative estimate of drug-likeness (QED) is 0.629. The highest BCUT2D eigenvalue weighted by Crippen LogP contribution is 2.33. The molecule has 2 amide bonds. The largest absolute Gasteiger partial charge is 0.416 e. The second kappa shape index (κ2) is 6.87. The lowest BCUT2D eigenvalue weighted by Gasteiger charge is -2.23. The number of benzene rings is 1. The van der Waals surface area contributed by atoms with Gasteiger partial charge in [0, 0.05) is 17.8 Å². The fraction of sp³-hybridized carbons (Fsp3) is 0.263. The molecule has 1 saturated heterocycles. The average Bonchev–Trinajstić information content (AvgIpc) is 3.37. The number of carbonyl (C=O) groups is 2. The average molecular weight is 403 g/mol. The molecule has 0 saturated carbocycles. The highest BCUT2D eigenvalue weighted by Gasteiger charge is 2.41. The van der Waals surface area contributed by atoms with E-state index in [9.17, 15) is 22.8 Å². The summed E-state index contributed by atoms with van der Waals surface area (Å²) in [5, 5.41) is 5.38. The van der Waals surface area contributed by atoms with Gasteiger partial charge in [-0.25, -0.2) is 14.7 Å². The number of hydrogen-bond acceptors (Lipinski definition) is 4. The number of alkyl halides is 3. The third-order valence-electron chi connectivity index (χ3n) is 4.73. The van der Waals surface area contributed by atoms with Crippen LogP contribution in [0.1, 0.15) is 17.5 Å². The molecule has 10 heteroatoms. The highest BCUT2D eigenvalue weighted by molar-refractivity contribution is 5.93. The lowest BCUT2D eigenvalue weighted by molar-refractivity contribution is -0.139. The second-order valence-corrected chi connectivity index (χ2v) is 6.93. The van der Waals surface area contributed by atoms with Crippen LogP contribution in [0, 0.1) is 12.8 Å². The fourth-order valence-electron chi connectivity index (χ4n) is 3.39. The standard InChI is InChI=1S/C19H16F3N5O2/c1-11-6-13(8-14(7-11)19(20,21)22)17-23-10-26(25-17)5-4-16(28)24-27-15-3-2-12(9-15)18(27)29/h2-8,10,12,15H,9H2,1H3,(H,24,28)/b5-4-/t12-,15+/m0/s1. The summed E-state index contributed by atoms with van der Waals surface area (Å²) in [6.45, 7) is 1.56. The normalized spacial score (nSPS) is 20.8. The Labute approximate surface area is 163 Å². The maximum atomic E-state index is 13.0. The summed E-state index contributed by atoms with van der Waals surface area (Å²) < 4.78 is 40.2. The lowest BCUT2D eigenvalue weighted by Crippen LogP contribution is -2.48. The Balaban J connectivity index is 1.46. The number of nitrogens with zero attached hydrogens (tertiary/aromatic N) is 4. The van der Waals surface area contributed by atoms with Gasteiger partial charge >= 0.3 is 6.18 Å². The van der Waals surface area contributed by atoms with Gasteiger partial charge in [0.1, 0.15) is 6.33 Å². The molecule has 1 aliphatic heterocycles. The van der Waals surface area contributed by atoms with E-state index in [-0.39, 0.29) is 29.3 Å². The summed E-state index contributed by atoms with van der Waals surface area (Å²) in [6.07, 6.45) is 3.64. The van der Waals surface area contributed by atoms with E-state index < -0.39 is 17.6 Å². The minimum absolute atomic E-state index is 0.0985. The van der Waals surface area contributed by atoms with Gasteiger partial charge in [-0.2, -0.15) is 13.2 Å². The SMILES string of the molecule is Cc1cc(-c2ncn(/C=C\C(=O)NN3C(=O)[C@H]4C=C[C@@H]3C4)n2)cc(C(F)(F)F)c1. The van der Waals surface area contributed by atoms with Gasteiger partial charge in [-0.05, 0) is 37.1 Å². The van der Waals surface area contributed by atoms with Crippen LogP contribution in [0.4, 0.5) is 13.2 Å². The van der Waals surface area contributed by atoms with Crippen molar-refractivity contribution < 1.29 is 22.8 Å². The van der Waals surface area contributed by atoms with Crippen LogP contribution >= 0.6 is 0 Å². The Kier molecular flexibility index (Phi) is 4.48. The molecule has 0 unspecified atom stereocenters. The van der Waals surface area contributed by atoms with Crippen molar-refractivity contribution in [3.8, 4) is 11.4 Å². The molecule has 2 aromatic rings. The minimum Gasteiger partial charge on any atom is -0.272 e. The van der Waals surface area contributed by atoms with Gasteiger partial charge in [0.2, 0.25) is 5.91 Å².